The van der Waals surface area contributed by atoms with Crippen LogP contribution in [0.2, 0.25) is 0 Å². The van der Waals surface area contributed by atoms with Crippen LogP contribution >= 0.6 is 15.9 Å². The summed E-state index contributed by atoms with van der Waals surface area (Å²) in [7, 11) is 0. The Labute approximate surface area is 131 Å². The first-order chi connectivity index (χ1) is 10.2. The fourth-order valence-electron chi connectivity index (χ4n) is 1.63. The Morgan fingerprint density at radius 3 is 3.05 bits per heavy atom. The molecule has 6 heteroatoms. The standard InChI is InChI=1S/C15H14BrN3O2/c1-2-21-14-6-5-13(16)8-12(14)10-18-19-15(20)11-4-3-7-17-9-11/h3-10H,2H2,1H3,(H,19,20)/b18-10+. The van der Waals surface area contributed by atoms with Gasteiger partial charge in [-0.05, 0) is 37.3 Å². The molecule has 2 rings (SSSR count). The predicted molar refractivity (Wildman–Crippen MR) is 84.6 cm³/mol. The number of hydrogen-bond acceptors (Lipinski definition) is 4. The number of benzene rings is 1. The minimum atomic E-state index is -0.313. The van der Waals surface area contributed by atoms with Crippen LogP contribution in [-0.2, 0) is 0 Å². The van der Waals surface area contributed by atoms with Gasteiger partial charge in [-0.3, -0.25) is 9.78 Å². The number of hydrogen-bond donors (Lipinski definition) is 1. The van der Waals surface area contributed by atoms with Gasteiger partial charge in [0, 0.05) is 22.4 Å². The highest BCUT2D eigenvalue weighted by Crippen LogP contribution is 2.21. The second-order valence-corrected chi connectivity index (χ2v) is 4.97. The van der Waals surface area contributed by atoms with Gasteiger partial charge in [-0.2, -0.15) is 5.10 Å². The van der Waals surface area contributed by atoms with E-state index in [2.05, 4.69) is 31.4 Å². The number of carbonyl (C=O) groups excluding carboxylic acids is 1. The first kappa shape index (κ1) is 15.2. The highest BCUT2D eigenvalue weighted by Gasteiger charge is 2.04. The van der Waals surface area contributed by atoms with Crippen LogP contribution in [0.1, 0.15) is 22.8 Å². The molecule has 0 atom stereocenters. The molecule has 21 heavy (non-hydrogen) atoms. The van der Waals surface area contributed by atoms with Crippen molar-refractivity contribution in [2.24, 2.45) is 5.10 Å². The maximum absolute atomic E-state index is 11.8. The fraction of sp³-hybridized carbons (Fsp3) is 0.133. The number of amides is 1. The van der Waals surface area contributed by atoms with E-state index in [4.69, 9.17) is 4.74 Å². The zero-order chi connectivity index (χ0) is 15.1. The van der Waals surface area contributed by atoms with Gasteiger partial charge in [-0.15, -0.1) is 0 Å². The Bertz CT molecular complexity index is 645. The second-order valence-electron chi connectivity index (χ2n) is 4.06. The first-order valence-corrected chi connectivity index (χ1v) is 7.15. The smallest absolute Gasteiger partial charge is 0.272 e. The summed E-state index contributed by atoms with van der Waals surface area (Å²) in [4.78, 5) is 15.7. The molecule has 0 bridgehead atoms. The topological polar surface area (TPSA) is 63.6 Å². The van der Waals surface area contributed by atoms with Crippen molar-refractivity contribution in [2.45, 2.75) is 6.92 Å². The number of nitrogens with zero attached hydrogens (tertiary/aromatic N) is 2. The summed E-state index contributed by atoms with van der Waals surface area (Å²) in [6.07, 6.45) is 4.63. The lowest BCUT2D eigenvalue weighted by Crippen LogP contribution is -2.17. The summed E-state index contributed by atoms with van der Waals surface area (Å²) in [5.41, 5.74) is 3.68. The third-order valence-electron chi connectivity index (χ3n) is 2.57. The van der Waals surface area contributed by atoms with E-state index in [1.807, 2.05) is 25.1 Å². The third-order valence-corrected chi connectivity index (χ3v) is 3.06. The molecule has 5 nitrogen and oxygen atoms in total. The van der Waals surface area contributed by atoms with E-state index in [0.717, 1.165) is 10.0 Å². The molecule has 0 unspecified atom stereocenters. The summed E-state index contributed by atoms with van der Waals surface area (Å²) in [6.45, 7) is 2.47. The molecular formula is C15H14BrN3O2. The Morgan fingerprint density at radius 1 is 1.48 bits per heavy atom. The van der Waals surface area contributed by atoms with Crippen molar-refractivity contribution in [3.05, 3.63) is 58.3 Å². The van der Waals surface area contributed by atoms with Gasteiger partial charge in [0.1, 0.15) is 5.75 Å². The molecule has 1 aromatic carbocycles. The molecule has 0 aliphatic carbocycles. The number of rotatable bonds is 5. The van der Waals surface area contributed by atoms with Gasteiger partial charge in [-0.25, -0.2) is 5.43 Å². The van der Waals surface area contributed by atoms with Crippen molar-refractivity contribution in [3.8, 4) is 5.75 Å². The van der Waals surface area contributed by atoms with Crippen LogP contribution in [0.15, 0.2) is 52.3 Å². The third kappa shape index (κ3) is 4.39. The molecule has 0 aliphatic rings. The maximum atomic E-state index is 11.8. The molecule has 0 saturated carbocycles. The maximum Gasteiger partial charge on any atom is 0.272 e. The molecule has 0 fully saturated rings. The Balaban J connectivity index is 2.07. The summed E-state index contributed by atoms with van der Waals surface area (Å²) < 4.78 is 6.41. The largest absolute Gasteiger partial charge is 0.493 e. The summed E-state index contributed by atoms with van der Waals surface area (Å²) in [5, 5.41) is 3.95. The molecule has 1 heterocycles. The zero-order valence-electron chi connectivity index (χ0n) is 11.4. The molecule has 1 amide bonds. The molecule has 0 saturated heterocycles. The molecule has 108 valence electrons. The van der Waals surface area contributed by atoms with E-state index in [9.17, 15) is 4.79 Å². The lowest BCUT2D eigenvalue weighted by molar-refractivity contribution is 0.0954. The Hall–Kier alpha value is -2.21. The number of pyridine rings is 1. The molecule has 0 aliphatic heterocycles. The van der Waals surface area contributed by atoms with E-state index in [0.29, 0.717) is 17.9 Å². The van der Waals surface area contributed by atoms with Crippen molar-refractivity contribution >= 4 is 28.1 Å². The number of hydrazone groups is 1. The van der Waals surface area contributed by atoms with Crippen LogP contribution in [0.5, 0.6) is 5.75 Å². The number of aromatic nitrogens is 1. The molecule has 1 N–H and O–H groups in total. The Morgan fingerprint density at radius 2 is 2.33 bits per heavy atom. The van der Waals surface area contributed by atoms with Gasteiger partial charge >= 0.3 is 0 Å². The SMILES string of the molecule is CCOc1ccc(Br)cc1/C=N/NC(=O)c1cccnc1. The van der Waals surface area contributed by atoms with Crippen LogP contribution < -0.4 is 10.2 Å². The molecular weight excluding hydrogens is 334 g/mol. The molecule has 0 spiro atoms. The van der Waals surface area contributed by atoms with E-state index in [1.54, 1.807) is 24.5 Å². The van der Waals surface area contributed by atoms with E-state index < -0.39 is 0 Å². The molecule has 0 radical (unpaired) electrons. The van der Waals surface area contributed by atoms with E-state index in [1.165, 1.54) is 6.20 Å². The average Bonchev–Trinajstić information content (AvgIpc) is 2.51. The fourth-order valence-corrected chi connectivity index (χ4v) is 2.01. The normalized spacial score (nSPS) is 10.6. The van der Waals surface area contributed by atoms with Gasteiger partial charge in [0.2, 0.25) is 0 Å². The zero-order valence-corrected chi connectivity index (χ0v) is 13.0. The van der Waals surface area contributed by atoms with Gasteiger partial charge in [-0.1, -0.05) is 15.9 Å². The summed E-state index contributed by atoms with van der Waals surface area (Å²) in [6, 6.07) is 8.96. The van der Waals surface area contributed by atoms with Crippen molar-refractivity contribution in [2.75, 3.05) is 6.61 Å². The van der Waals surface area contributed by atoms with E-state index >= 15 is 0 Å². The van der Waals surface area contributed by atoms with Crippen LogP contribution in [0.25, 0.3) is 0 Å². The number of halogens is 1. The monoisotopic (exact) mass is 347 g/mol. The van der Waals surface area contributed by atoms with Gasteiger partial charge in [0.15, 0.2) is 0 Å². The van der Waals surface area contributed by atoms with Crippen molar-refractivity contribution < 1.29 is 9.53 Å². The van der Waals surface area contributed by atoms with Crippen molar-refractivity contribution in [1.82, 2.24) is 10.4 Å². The number of carbonyl (C=O) groups is 1. The van der Waals surface area contributed by atoms with Crippen LogP contribution in [0, 0.1) is 0 Å². The summed E-state index contributed by atoms with van der Waals surface area (Å²) in [5.74, 6) is 0.396. The predicted octanol–water partition coefficient (Wildman–Crippen LogP) is 3.01. The number of nitrogens with one attached hydrogen (secondary N) is 1. The van der Waals surface area contributed by atoms with Crippen molar-refractivity contribution in [3.63, 3.8) is 0 Å². The molecule has 2 aromatic rings. The van der Waals surface area contributed by atoms with Crippen LogP contribution in [0.4, 0.5) is 0 Å². The van der Waals surface area contributed by atoms with Gasteiger partial charge in [0.05, 0.1) is 18.4 Å². The second kappa shape index (κ2) is 7.54. The quantitative estimate of drug-likeness (QED) is 0.667. The van der Waals surface area contributed by atoms with Gasteiger partial charge < -0.3 is 4.74 Å². The number of ether oxygens (including phenoxy) is 1. The lowest BCUT2D eigenvalue weighted by atomic mass is 10.2. The molecule has 1 aromatic heterocycles. The minimum absolute atomic E-state index is 0.313. The highest BCUT2D eigenvalue weighted by atomic mass is 79.9. The van der Waals surface area contributed by atoms with E-state index in [-0.39, 0.29) is 5.91 Å². The Kier molecular flexibility index (Phi) is 5.45. The first-order valence-electron chi connectivity index (χ1n) is 6.36. The average molecular weight is 348 g/mol. The highest BCUT2D eigenvalue weighted by molar-refractivity contribution is 9.10. The summed E-state index contributed by atoms with van der Waals surface area (Å²) >= 11 is 3.39. The van der Waals surface area contributed by atoms with Crippen LogP contribution in [0.3, 0.4) is 0 Å². The van der Waals surface area contributed by atoms with Crippen LogP contribution in [-0.4, -0.2) is 23.7 Å². The van der Waals surface area contributed by atoms with Gasteiger partial charge in [0.25, 0.3) is 5.91 Å². The van der Waals surface area contributed by atoms with Crippen molar-refractivity contribution in [1.29, 1.82) is 0 Å². The lowest BCUT2D eigenvalue weighted by Gasteiger charge is -2.07. The minimum Gasteiger partial charge on any atom is -0.493 e.